The Morgan fingerprint density at radius 1 is 0.967 bits per heavy atom. The number of allylic oxidation sites excluding steroid dienone is 7. The van der Waals surface area contributed by atoms with Crippen molar-refractivity contribution in [3.05, 3.63) is 60.3 Å². The molecule has 4 atom stereocenters. The summed E-state index contributed by atoms with van der Waals surface area (Å²) in [7, 11) is 0. The number of epoxide rings is 2. The highest BCUT2D eigenvalue weighted by molar-refractivity contribution is 5.80. The van der Waals surface area contributed by atoms with Gasteiger partial charge in [0, 0.05) is 18.1 Å². The predicted octanol–water partition coefficient (Wildman–Crippen LogP) is 4.45. The largest absolute Gasteiger partial charge is 0.478 e. The van der Waals surface area contributed by atoms with Gasteiger partial charge in [-0.05, 0) is 33.1 Å². The van der Waals surface area contributed by atoms with Crippen molar-refractivity contribution in [2.75, 3.05) is 6.61 Å². The van der Waals surface area contributed by atoms with Crippen LogP contribution in [0.2, 0.25) is 0 Å². The molecule has 3 rings (SSSR count). The van der Waals surface area contributed by atoms with Gasteiger partial charge in [-0.25, -0.2) is 9.59 Å². The smallest absolute Gasteiger partial charge is 0.328 e. The van der Waals surface area contributed by atoms with Gasteiger partial charge in [0.2, 0.25) is 0 Å². The first-order chi connectivity index (χ1) is 14.3. The van der Waals surface area contributed by atoms with Crippen molar-refractivity contribution in [3.63, 3.8) is 0 Å². The fraction of sp³-hybridized carbons (Fsp3) is 0.500. The first-order valence-corrected chi connectivity index (χ1v) is 10.4. The van der Waals surface area contributed by atoms with Crippen LogP contribution in [0.1, 0.15) is 46.0 Å². The van der Waals surface area contributed by atoms with E-state index in [-0.39, 0.29) is 5.60 Å². The number of carboxylic acids is 2. The Balaban J connectivity index is 0.000000217. The van der Waals surface area contributed by atoms with Gasteiger partial charge in [-0.1, -0.05) is 60.9 Å². The van der Waals surface area contributed by atoms with Crippen molar-refractivity contribution in [3.8, 4) is 0 Å². The van der Waals surface area contributed by atoms with Crippen LogP contribution in [-0.2, 0) is 19.1 Å². The third-order valence-electron chi connectivity index (χ3n) is 5.37. The van der Waals surface area contributed by atoms with Crippen LogP contribution in [-0.4, -0.2) is 46.6 Å². The molecule has 6 nitrogen and oxygen atoms in total. The van der Waals surface area contributed by atoms with Crippen molar-refractivity contribution in [1.82, 2.24) is 0 Å². The highest BCUT2D eigenvalue weighted by atomic mass is 16.6. The van der Waals surface area contributed by atoms with E-state index >= 15 is 0 Å². The first-order valence-electron chi connectivity index (χ1n) is 10.4. The molecule has 0 amide bonds. The fourth-order valence-corrected chi connectivity index (χ4v) is 3.74. The number of ether oxygens (including phenoxy) is 2. The summed E-state index contributed by atoms with van der Waals surface area (Å²) in [6, 6.07) is 0. The van der Waals surface area contributed by atoms with E-state index < -0.39 is 11.9 Å². The highest BCUT2D eigenvalue weighted by Gasteiger charge is 2.60. The lowest BCUT2D eigenvalue weighted by atomic mass is 9.76. The van der Waals surface area contributed by atoms with Gasteiger partial charge in [0.25, 0.3) is 0 Å². The maximum atomic E-state index is 9.99. The number of carboxylic acid groups (broad SMARTS) is 2. The third-order valence-corrected chi connectivity index (χ3v) is 5.37. The van der Waals surface area contributed by atoms with Crippen molar-refractivity contribution >= 4 is 11.9 Å². The molecule has 2 saturated heterocycles. The van der Waals surface area contributed by atoms with Crippen LogP contribution in [0.5, 0.6) is 0 Å². The molecule has 30 heavy (non-hydrogen) atoms. The van der Waals surface area contributed by atoms with Gasteiger partial charge in [0.15, 0.2) is 0 Å². The van der Waals surface area contributed by atoms with Crippen LogP contribution in [0.15, 0.2) is 60.3 Å². The van der Waals surface area contributed by atoms with Gasteiger partial charge in [-0.15, -0.1) is 0 Å². The van der Waals surface area contributed by atoms with Crippen molar-refractivity contribution in [2.24, 2.45) is 5.92 Å². The van der Waals surface area contributed by atoms with Crippen LogP contribution in [0, 0.1) is 5.92 Å². The Morgan fingerprint density at radius 2 is 1.53 bits per heavy atom. The van der Waals surface area contributed by atoms with Crippen molar-refractivity contribution < 1.29 is 29.3 Å². The molecule has 164 valence electrons. The molecular formula is C24H32O6. The molecule has 0 aromatic carbocycles. The van der Waals surface area contributed by atoms with Crippen LogP contribution >= 0.6 is 0 Å². The van der Waals surface area contributed by atoms with E-state index in [1.165, 1.54) is 55.6 Å². The highest BCUT2D eigenvalue weighted by Crippen LogP contribution is 2.52. The predicted molar refractivity (Wildman–Crippen MR) is 115 cm³/mol. The number of carbonyl (C=O) groups is 2. The molecule has 2 heterocycles. The van der Waals surface area contributed by atoms with E-state index in [1.54, 1.807) is 12.2 Å². The van der Waals surface area contributed by atoms with E-state index in [1.807, 2.05) is 0 Å². The average Bonchev–Trinajstić information content (AvgIpc) is 3.61. The monoisotopic (exact) mass is 416 g/mol. The SMILES string of the molecule is CC(C)=CCC1OC1C1CCCC[C@]12CO2.O=C(O)/C=C/C=C/C=C/C=C/C(=O)O. The molecule has 2 aliphatic heterocycles. The van der Waals surface area contributed by atoms with E-state index in [0.717, 1.165) is 25.2 Å². The topological polar surface area (TPSA) is 99.7 Å². The number of hydrogen-bond acceptors (Lipinski definition) is 4. The molecular weight excluding hydrogens is 384 g/mol. The summed E-state index contributed by atoms with van der Waals surface area (Å²) in [5.41, 5.74) is 1.65. The molecule has 0 bridgehead atoms. The zero-order valence-electron chi connectivity index (χ0n) is 17.7. The standard InChI is InChI=1S/C14H22O2.C10H10O4/c1-10(2)6-7-12-13(16-12)11-5-3-4-8-14(11)9-15-14;11-9(12)7-5-3-1-2-4-6-8-10(13)14/h6,11-13H,3-5,7-9H2,1-2H3;1-8H,(H,11,12)(H,13,14)/b;3-1+,4-2+,7-5+,8-6+/t11?,12?,13?,14-;/m0./s1. The molecule has 3 aliphatic rings. The summed E-state index contributed by atoms with van der Waals surface area (Å²) < 4.78 is 11.6. The lowest BCUT2D eigenvalue weighted by Crippen LogP contribution is -2.33. The second kappa shape index (κ2) is 11.7. The van der Waals surface area contributed by atoms with E-state index in [0.29, 0.717) is 18.1 Å². The average molecular weight is 417 g/mol. The van der Waals surface area contributed by atoms with E-state index in [9.17, 15) is 9.59 Å². The third kappa shape index (κ3) is 8.51. The maximum absolute atomic E-state index is 9.99. The second-order valence-corrected chi connectivity index (χ2v) is 8.03. The lowest BCUT2D eigenvalue weighted by Gasteiger charge is -2.27. The summed E-state index contributed by atoms with van der Waals surface area (Å²) in [6.45, 7) is 5.31. The van der Waals surface area contributed by atoms with Crippen LogP contribution in [0.25, 0.3) is 0 Å². The number of hydrogen-bond donors (Lipinski definition) is 2. The molecule has 6 heteroatoms. The van der Waals surface area contributed by atoms with Crippen LogP contribution in [0.4, 0.5) is 0 Å². The van der Waals surface area contributed by atoms with E-state index in [2.05, 4.69) is 19.9 Å². The first kappa shape index (κ1) is 23.8. The van der Waals surface area contributed by atoms with Gasteiger partial charge in [-0.3, -0.25) is 0 Å². The molecule has 1 saturated carbocycles. The normalized spacial score (nSPS) is 30.0. The lowest BCUT2D eigenvalue weighted by molar-refractivity contribution is -0.132. The molecule has 0 aromatic heterocycles. The molecule has 3 fully saturated rings. The van der Waals surface area contributed by atoms with Gasteiger partial charge >= 0.3 is 11.9 Å². The zero-order valence-corrected chi connectivity index (χ0v) is 17.7. The zero-order chi connectivity index (χ0) is 22.0. The summed E-state index contributed by atoms with van der Waals surface area (Å²) in [5, 5.41) is 16.4. The van der Waals surface area contributed by atoms with Crippen LogP contribution < -0.4 is 0 Å². The Bertz CT molecular complexity index is 703. The van der Waals surface area contributed by atoms with Crippen molar-refractivity contribution in [2.45, 2.75) is 63.8 Å². The van der Waals surface area contributed by atoms with E-state index in [4.69, 9.17) is 19.7 Å². The van der Waals surface area contributed by atoms with Gasteiger partial charge in [-0.2, -0.15) is 0 Å². The molecule has 1 spiro atoms. The summed E-state index contributed by atoms with van der Waals surface area (Å²) in [5.74, 6) is -1.33. The minimum absolute atomic E-state index is 0.253. The number of aliphatic carboxylic acids is 2. The molecule has 1 aliphatic carbocycles. The Hall–Kier alpha value is -2.44. The summed E-state index contributed by atoms with van der Waals surface area (Å²) >= 11 is 0. The Morgan fingerprint density at radius 3 is 2.03 bits per heavy atom. The maximum Gasteiger partial charge on any atom is 0.328 e. The van der Waals surface area contributed by atoms with Gasteiger partial charge in [0.1, 0.15) is 0 Å². The molecule has 2 N–H and O–H groups in total. The Kier molecular flexibility index (Phi) is 9.27. The van der Waals surface area contributed by atoms with Crippen LogP contribution in [0.3, 0.4) is 0 Å². The van der Waals surface area contributed by atoms with Gasteiger partial charge < -0.3 is 19.7 Å². The second-order valence-electron chi connectivity index (χ2n) is 8.03. The fourth-order valence-electron chi connectivity index (χ4n) is 3.74. The minimum atomic E-state index is -1.01. The Labute approximate surface area is 178 Å². The number of rotatable bonds is 8. The van der Waals surface area contributed by atoms with Gasteiger partial charge in [0.05, 0.1) is 24.4 Å². The molecule has 0 radical (unpaired) electrons. The molecule has 3 unspecified atom stereocenters. The van der Waals surface area contributed by atoms with Crippen molar-refractivity contribution in [1.29, 1.82) is 0 Å². The molecule has 0 aromatic rings. The minimum Gasteiger partial charge on any atom is -0.478 e. The summed E-state index contributed by atoms with van der Waals surface area (Å²) in [6.07, 6.45) is 20.6. The summed E-state index contributed by atoms with van der Waals surface area (Å²) in [4.78, 5) is 20.0. The quantitative estimate of drug-likeness (QED) is 0.262.